The Labute approximate surface area is 114 Å². The molecule has 0 bridgehead atoms. The summed E-state index contributed by atoms with van der Waals surface area (Å²) in [4.78, 5) is -0.371. The van der Waals surface area contributed by atoms with Crippen molar-refractivity contribution in [3.8, 4) is 11.8 Å². The van der Waals surface area contributed by atoms with E-state index in [9.17, 15) is 21.6 Å². The SMILES string of the molecule is C[C@H](C#N)CNS(=O)(=O)c1cccc(OC(F)(F)F)c1. The second kappa shape index (κ2) is 6.11. The van der Waals surface area contributed by atoms with E-state index in [1.807, 2.05) is 6.07 Å². The fourth-order valence-electron chi connectivity index (χ4n) is 1.20. The standard InChI is InChI=1S/C11H11F3N2O3S/c1-8(6-15)7-16-20(17,18)10-4-2-3-9(5-10)19-11(12,13)14/h2-5,8,16H,7H2,1H3/t8-/m1/s1. The molecule has 1 atom stereocenters. The molecule has 0 spiro atoms. The van der Waals surface area contributed by atoms with Gasteiger partial charge in [-0.2, -0.15) is 5.26 Å². The molecule has 0 heterocycles. The largest absolute Gasteiger partial charge is 0.573 e. The van der Waals surface area contributed by atoms with Crippen molar-refractivity contribution >= 4 is 10.0 Å². The van der Waals surface area contributed by atoms with Crippen LogP contribution in [0, 0.1) is 17.2 Å². The van der Waals surface area contributed by atoms with E-state index < -0.39 is 28.1 Å². The number of sulfonamides is 1. The Morgan fingerprint density at radius 2 is 2.10 bits per heavy atom. The van der Waals surface area contributed by atoms with E-state index in [0.717, 1.165) is 24.3 Å². The molecule has 9 heteroatoms. The monoisotopic (exact) mass is 308 g/mol. The van der Waals surface area contributed by atoms with Gasteiger partial charge in [0.05, 0.1) is 16.9 Å². The number of nitriles is 1. The van der Waals surface area contributed by atoms with Crippen LogP contribution in [0.3, 0.4) is 0 Å². The predicted octanol–water partition coefficient (Wildman–Crippen LogP) is 2.02. The number of hydrogen-bond acceptors (Lipinski definition) is 4. The van der Waals surface area contributed by atoms with E-state index in [1.54, 1.807) is 0 Å². The van der Waals surface area contributed by atoms with Gasteiger partial charge < -0.3 is 4.74 Å². The van der Waals surface area contributed by atoms with Gasteiger partial charge in [0.25, 0.3) is 0 Å². The first kappa shape index (κ1) is 16.3. The van der Waals surface area contributed by atoms with Crippen LogP contribution >= 0.6 is 0 Å². The minimum Gasteiger partial charge on any atom is -0.406 e. The summed E-state index contributed by atoms with van der Waals surface area (Å²) in [7, 11) is -3.99. The van der Waals surface area contributed by atoms with Crippen LogP contribution in [0.2, 0.25) is 0 Å². The summed E-state index contributed by atoms with van der Waals surface area (Å²) in [5.74, 6) is -1.19. The van der Waals surface area contributed by atoms with Gasteiger partial charge in [0.2, 0.25) is 10.0 Å². The fourth-order valence-corrected chi connectivity index (χ4v) is 2.37. The number of benzene rings is 1. The van der Waals surface area contributed by atoms with Crippen molar-refractivity contribution in [1.29, 1.82) is 5.26 Å². The lowest BCUT2D eigenvalue weighted by molar-refractivity contribution is -0.274. The zero-order chi connectivity index (χ0) is 15.4. The smallest absolute Gasteiger partial charge is 0.406 e. The van der Waals surface area contributed by atoms with Gasteiger partial charge >= 0.3 is 6.36 Å². The Morgan fingerprint density at radius 3 is 2.65 bits per heavy atom. The van der Waals surface area contributed by atoms with Crippen LogP contribution in [0.5, 0.6) is 5.75 Å². The van der Waals surface area contributed by atoms with Gasteiger partial charge in [0.1, 0.15) is 5.75 Å². The van der Waals surface area contributed by atoms with Gasteiger partial charge in [-0.05, 0) is 19.1 Å². The molecule has 0 aliphatic rings. The summed E-state index contributed by atoms with van der Waals surface area (Å²) in [6, 6.07) is 5.83. The maximum Gasteiger partial charge on any atom is 0.573 e. The Morgan fingerprint density at radius 1 is 1.45 bits per heavy atom. The van der Waals surface area contributed by atoms with Crippen molar-refractivity contribution in [1.82, 2.24) is 4.72 Å². The van der Waals surface area contributed by atoms with E-state index >= 15 is 0 Å². The van der Waals surface area contributed by atoms with Crippen LogP contribution < -0.4 is 9.46 Å². The highest BCUT2D eigenvalue weighted by Gasteiger charge is 2.31. The summed E-state index contributed by atoms with van der Waals surface area (Å²) in [5.41, 5.74) is 0. The first-order valence-electron chi connectivity index (χ1n) is 5.39. The molecule has 0 aliphatic heterocycles. The van der Waals surface area contributed by atoms with Crippen molar-refractivity contribution < 1.29 is 26.3 Å². The summed E-state index contributed by atoms with van der Waals surface area (Å²) in [6.07, 6.45) is -4.90. The molecule has 0 fully saturated rings. The van der Waals surface area contributed by atoms with Crippen molar-refractivity contribution in [2.24, 2.45) is 5.92 Å². The number of nitrogens with one attached hydrogen (secondary N) is 1. The first-order chi connectivity index (χ1) is 9.14. The second-order valence-corrected chi connectivity index (χ2v) is 5.67. The number of ether oxygens (including phenoxy) is 1. The quantitative estimate of drug-likeness (QED) is 0.902. The number of hydrogen-bond donors (Lipinski definition) is 1. The molecule has 0 saturated carbocycles. The van der Waals surface area contributed by atoms with E-state index in [0.29, 0.717) is 0 Å². The van der Waals surface area contributed by atoms with Gasteiger partial charge in [0.15, 0.2) is 0 Å². The molecular formula is C11H11F3N2O3S. The molecule has 0 radical (unpaired) electrons. The number of halogens is 3. The maximum absolute atomic E-state index is 12.0. The summed E-state index contributed by atoms with van der Waals surface area (Å²) < 4.78 is 65.5. The number of nitrogens with zero attached hydrogens (tertiary/aromatic N) is 1. The third-order valence-electron chi connectivity index (χ3n) is 2.15. The van der Waals surface area contributed by atoms with Crippen LogP contribution in [-0.2, 0) is 10.0 Å². The second-order valence-electron chi connectivity index (χ2n) is 3.90. The highest BCUT2D eigenvalue weighted by atomic mass is 32.2. The predicted molar refractivity (Wildman–Crippen MR) is 63.1 cm³/mol. The molecular weight excluding hydrogens is 297 g/mol. The van der Waals surface area contributed by atoms with E-state index in [-0.39, 0.29) is 11.4 Å². The molecule has 0 saturated heterocycles. The lowest BCUT2D eigenvalue weighted by Gasteiger charge is -2.11. The fraction of sp³-hybridized carbons (Fsp3) is 0.364. The average Bonchev–Trinajstić information content (AvgIpc) is 2.34. The van der Waals surface area contributed by atoms with Crippen molar-refractivity contribution in [3.05, 3.63) is 24.3 Å². The average molecular weight is 308 g/mol. The third-order valence-corrected chi connectivity index (χ3v) is 3.57. The van der Waals surface area contributed by atoms with Crippen molar-refractivity contribution in [2.45, 2.75) is 18.2 Å². The molecule has 1 aromatic carbocycles. The Kier molecular flexibility index (Phi) is 4.97. The van der Waals surface area contributed by atoms with E-state index in [2.05, 4.69) is 9.46 Å². The van der Waals surface area contributed by atoms with Gasteiger partial charge in [-0.15, -0.1) is 13.2 Å². The normalized spacial score (nSPS) is 13.6. The minimum atomic E-state index is -4.90. The summed E-state index contributed by atoms with van der Waals surface area (Å²) >= 11 is 0. The molecule has 110 valence electrons. The van der Waals surface area contributed by atoms with Crippen LogP contribution in [0.15, 0.2) is 29.2 Å². The summed E-state index contributed by atoms with van der Waals surface area (Å²) in [6.45, 7) is 1.37. The molecule has 0 aromatic heterocycles. The molecule has 0 aliphatic carbocycles. The third kappa shape index (κ3) is 5.07. The highest BCUT2D eigenvalue weighted by Crippen LogP contribution is 2.24. The van der Waals surface area contributed by atoms with Gasteiger partial charge in [-0.3, -0.25) is 0 Å². The van der Waals surface area contributed by atoms with Crippen LogP contribution in [0.1, 0.15) is 6.92 Å². The molecule has 5 nitrogen and oxygen atoms in total. The number of rotatable bonds is 5. The van der Waals surface area contributed by atoms with Crippen LogP contribution in [-0.4, -0.2) is 21.3 Å². The molecule has 1 rings (SSSR count). The molecule has 0 amide bonds. The first-order valence-corrected chi connectivity index (χ1v) is 6.87. The van der Waals surface area contributed by atoms with Gasteiger partial charge in [-0.1, -0.05) is 6.07 Å². The molecule has 1 aromatic rings. The minimum absolute atomic E-state index is 0.136. The van der Waals surface area contributed by atoms with Crippen molar-refractivity contribution in [3.63, 3.8) is 0 Å². The maximum atomic E-state index is 12.0. The van der Waals surface area contributed by atoms with E-state index in [4.69, 9.17) is 5.26 Å². The molecule has 0 unspecified atom stereocenters. The highest BCUT2D eigenvalue weighted by molar-refractivity contribution is 7.89. The zero-order valence-corrected chi connectivity index (χ0v) is 11.1. The summed E-state index contributed by atoms with van der Waals surface area (Å²) in [5, 5.41) is 8.54. The van der Waals surface area contributed by atoms with Crippen LogP contribution in [0.25, 0.3) is 0 Å². The molecule has 20 heavy (non-hydrogen) atoms. The number of alkyl halides is 3. The zero-order valence-electron chi connectivity index (χ0n) is 10.3. The van der Waals surface area contributed by atoms with Crippen molar-refractivity contribution in [2.75, 3.05) is 6.54 Å². The van der Waals surface area contributed by atoms with Crippen LogP contribution in [0.4, 0.5) is 13.2 Å². The van der Waals surface area contributed by atoms with Gasteiger partial charge in [-0.25, -0.2) is 13.1 Å². The topological polar surface area (TPSA) is 79.2 Å². The lowest BCUT2D eigenvalue weighted by Crippen LogP contribution is -2.28. The lowest BCUT2D eigenvalue weighted by atomic mass is 10.2. The Balaban J connectivity index is 2.91. The Hall–Kier alpha value is -1.79. The van der Waals surface area contributed by atoms with Gasteiger partial charge in [0, 0.05) is 12.6 Å². The molecule has 1 N–H and O–H groups in total. The van der Waals surface area contributed by atoms with E-state index in [1.165, 1.54) is 6.92 Å². The Bertz CT molecular complexity index is 608.